The van der Waals surface area contributed by atoms with Crippen LogP contribution in [-0.2, 0) is 4.79 Å². The van der Waals surface area contributed by atoms with Crippen molar-refractivity contribution in [2.24, 2.45) is 0 Å². The number of carbonyl (C=O) groups is 1. The van der Waals surface area contributed by atoms with E-state index in [1.165, 1.54) is 0 Å². The molecule has 0 saturated carbocycles. The van der Waals surface area contributed by atoms with Crippen LogP contribution in [0.5, 0.6) is 0 Å². The van der Waals surface area contributed by atoms with Crippen LogP contribution < -0.4 is 10.6 Å². The van der Waals surface area contributed by atoms with Crippen molar-refractivity contribution in [3.63, 3.8) is 0 Å². The second-order valence-electron chi connectivity index (χ2n) is 3.64. The summed E-state index contributed by atoms with van der Waals surface area (Å²) in [4.78, 5) is 13.7. The van der Waals surface area contributed by atoms with Crippen LogP contribution in [0, 0.1) is 0 Å². The molecule has 1 fully saturated rings. The van der Waals surface area contributed by atoms with Crippen molar-refractivity contribution in [3.8, 4) is 0 Å². The lowest BCUT2D eigenvalue weighted by molar-refractivity contribution is -0.126. The first-order chi connectivity index (χ1) is 6.16. The van der Waals surface area contributed by atoms with Crippen molar-refractivity contribution < 1.29 is 4.79 Å². The maximum atomic E-state index is 11.5. The fourth-order valence-electron chi connectivity index (χ4n) is 1.87. The van der Waals surface area contributed by atoms with Gasteiger partial charge in [-0.15, -0.1) is 0 Å². The maximum absolute atomic E-state index is 11.5. The van der Waals surface area contributed by atoms with Crippen molar-refractivity contribution in [3.05, 3.63) is 0 Å². The SMILES string of the molecule is CNC(=O)C1C(C)NCCCN1C. The molecule has 0 aliphatic carbocycles. The molecular formula is C9H19N3O. The normalized spacial score (nSPS) is 31.0. The number of carbonyl (C=O) groups excluding carboxylic acids is 1. The monoisotopic (exact) mass is 185 g/mol. The number of hydrogen-bond acceptors (Lipinski definition) is 3. The predicted molar refractivity (Wildman–Crippen MR) is 52.6 cm³/mol. The summed E-state index contributed by atoms with van der Waals surface area (Å²) in [6.45, 7) is 4.04. The molecule has 0 spiro atoms. The average molecular weight is 185 g/mol. The molecule has 1 aliphatic rings. The minimum Gasteiger partial charge on any atom is -0.358 e. The first kappa shape index (κ1) is 10.5. The van der Waals surface area contributed by atoms with Gasteiger partial charge in [0.15, 0.2) is 0 Å². The highest BCUT2D eigenvalue weighted by Gasteiger charge is 2.29. The molecule has 4 nitrogen and oxygen atoms in total. The first-order valence-electron chi connectivity index (χ1n) is 4.82. The second-order valence-corrected chi connectivity index (χ2v) is 3.64. The zero-order valence-corrected chi connectivity index (χ0v) is 8.63. The molecule has 2 N–H and O–H groups in total. The van der Waals surface area contributed by atoms with Crippen molar-refractivity contribution in [1.29, 1.82) is 0 Å². The van der Waals surface area contributed by atoms with Crippen LogP contribution in [0.25, 0.3) is 0 Å². The van der Waals surface area contributed by atoms with Gasteiger partial charge >= 0.3 is 0 Å². The summed E-state index contributed by atoms with van der Waals surface area (Å²) in [5.41, 5.74) is 0. The quantitative estimate of drug-likeness (QED) is 0.574. The van der Waals surface area contributed by atoms with Crippen LogP contribution >= 0.6 is 0 Å². The maximum Gasteiger partial charge on any atom is 0.238 e. The van der Waals surface area contributed by atoms with E-state index in [4.69, 9.17) is 0 Å². The van der Waals surface area contributed by atoms with Gasteiger partial charge < -0.3 is 10.6 Å². The van der Waals surface area contributed by atoms with E-state index >= 15 is 0 Å². The third-order valence-electron chi connectivity index (χ3n) is 2.62. The van der Waals surface area contributed by atoms with Crippen molar-refractivity contribution in [2.45, 2.75) is 25.4 Å². The topological polar surface area (TPSA) is 44.4 Å². The molecule has 1 heterocycles. The van der Waals surface area contributed by atoms with E-state index in [9.17, 15) is 4.79 Å². The lowest BCUT2D eigenvalue weighted by Gasteiger charge is -2.28. The highest BCUT2D eigenvalue weighted by molar-refractivity contribution is 5.82. The van der Waals surface area contributed by atoms with E-state index in [0.717, 1.165) is 19.5 Å². The van der Waals surface area contributed by atoms with Crippen LogP contribution in [0.1, 0.15) is 13.3 Å². The predicted octanol–water partition coefficient (Wildman–Crippen LogP) is -0.585. The average Bonchev–Trinajstić information content (AvgIpc) is 2.27. The zero-order chi connectivity index (χ0) is 9.84. The Balaban J connectivity index is 2.68. The van der Waals surface area contributed by atoms with Crippen LogP contribution in [-0.4, -0.2) is 50.1 Å². The number of nitrogens with one attached hydrogen (secondary N) is 2. The van der Waals surface area contributed by atoms with E-state index in [1.807, 2.05) is 7.05 Å². The Morgan fingerprint density at radius 1 is 1.62 bits per heavy atom. The van der Waals surface area contributed by atoms with Crippen LogP contribution in [0.4, 0.5) is 0 Å². The molecule has 0 aromatic rings. The van der Waals surface area contributed by atoms with Crippen molar-refractivity contribution in [2.75, 3.05) is 27.2 Å². The molecule has 2 atom stereocenters. The number of hydrogen-bond donors (Lipinski definition) is 2. The van der Waals surface area contributed by atoms with Crippen LogP contribution in [0.3, 0.4) is 0 Å². The molecule has 4 heteroatoms. The molecule has 1 rings (SSSR count). The third-order valence-corrected chi connectivity index (χ3v) is 2.62. The lowest BCUT2D eigenvalue weighted by atomic mass is 10.1. The van der Waals surface area contributed by atoms with E-state index in [0.29, 0.717) is 0 Å². The minimum atomic E-state index is -0.0347. The number of likely N-dealkylation sites (N-methyl/N-ethyl adjacent to an activating group) is 2. The van der Waals surface area contributed by atoms with Crippen LogP contribution in [0.2, 0.25) is 0 Å². The molecule has 1 aliphatic heterocycles. The summed E-state index contributed by atoms with van der Waals surface area (Å²) in [5, 5.41) is 6.04. The Bertz CT molecular complexity index is 172. The van der Waals surface area contributed by atoms with Gasteiger partial charge in [0, 0.05) is 13.1 Å². The standard InChI is InChI=1S/C9H19N3O/c1-7-8(9(13)10-2)12(3)6-4-5-11-7/h7-8,11H,4-6H2,1-3H3,(H,10,13). The van der Waals surface area contributed by atoms with E-state index in [2.05, 4.69) is 22.5 Å². The molecule has 1 amide bonds. The Kier molecular flexibility index (Phi) is 3.69. The second kappa shape index (κ2) is 4.58. The van der Waals surface area contributed by atoms with E-state index in [1.54, 1.807) is 7.05 Å². The highest BCUT2D eigenvalue weighted by atomic mass is 16.2. The fourth-order valence-corrected chi connectivity index (χ4v) is 1.87. The molecular weight excluding hydrogens is 166 g/mol. The van der Waals surface area contributed by atoms with Gasteiger partial charge in [-0.1, -0.05) is 0 Å². The summed E-state index contributed by atoms with van der Waals surface area (Å²) in [5.74, 6) is 0.101. The van der Waals surface area contributed by atoms with Gasteiger partial charge in [0.25, 0.3) is 0 Å². The summed E-state index contributed by atoms with van der Waals surface area (Å²) >= 11 is 0. The Labute approximate surface area is 79.7 Å². The van der Waals surface area contributed by atoms with Gasteiger partial charge in [-0.2, -0.15) is 0 Å². The summed E-state index contributed by atoms with van der Waals surface area (Å²) in [6, 6.07) is 0.194. The summed E-state index contributed by atoms with van der Waals surface area (Å²) in [7, 11) is 3.69. The molecule has 2 unspecified atom stereocenters. The summed E-state index contributed by atoms with van der Waals surface area (Å²) in [6.07, 6.45) is 1.11. The number of nitrogens with zero attached hydrogens (tertiary/aromatic N) is 1. The molecule has 0 aromatic heterocycles. The fraction of sp³-hybridized carbons (Fsp3) is 0.889. The van der Waals surface area contributed by atoms with Gasteiger partial charge in [0.2, 0.25) is 5.91 Å². The Morgan fingerprint density at radius 2 is 2.31 bits per heavy atom. The van der Waals surface area contributed by atoms with Crippen LogP contribution in [0.15, 0.2) is 0 Å². The third kappa shape index (κ3) is 2.42. The highest BCUT2D eigenvalue weighted by Crippen LogP contribution is 2.07. The largest absolute Gasteiger partial charge is 0.358 e. The summed E-state index contributed by atoms with van der Waals surface area (Å²) < 4.78 is 0. The zero-order valence-electron chi connectivity index (χ0n) is 8.63. The minimum absolute atomic E-state index is 0.0347. The smallest absolute Gasteiger partial charge is 0.238 e. The van der Waals surface area contributed by atoms with Gasteiger partial charge in [-0.3, -0.25) is 9.69 Å². The molecule has 13 heavy (non-hydrogen) atoms. The van der Waals surface area contributed by atoms with Gasteiger partial charge in [-0.25, -0.2) is 0 Å². The molecule has 0 radical (unpaired) electrons. The Morgan fingerprint density at radius 3 is 2.92 bits per heavy atom. The molecule has 0 bridgehead atoms. The Hall–Kier alpha value is -0.610. The van der Waals surface area contributed by atoms with Crippen molar-refractivity contribution >= 4 is 5.91 Å². The number of rotatable bonds is 1. The molecule has 1 saturated heterocycles. The van der Waals surface area contributed by atoms with Gasteiger partial charge in [-0.05, 0) is 33.5 Å². The lowest BCUT2D eigenvalue weighted by Crippen LogP contribution is -2.53. The first-order valence-corrected chi connectivity index (χ1v) is 4.82. The molecule has 76 valence electrons. The van der Waals surface area contributed by atoms with Gasteiger partial charge in [0.05, 0.1) is 0 Å². The molecule has 0 aromatic carbocycles. The number of amides is 1. The van der Waals surface area contributed by atoms with Gasteiger partial charge in [0.1, 0.15) is 6.04 Å². The van der Waals surface area contributed by atoms with Crippen molar-refractivity contribution in [1.82, 2.24) is 15.5 Å². The van der Waals surface area contributed by atoms with E-state index < -0.39 is 0 Å². The van der Waals surface area contributed by atoms with E-state index in [-0.39, 0.29) is 18.0 Å².